The van der Waals surface area contributed by atoms with Crippen molar-refractivity contribution in [2.24, 2.45) is 0 Å². The normalized spacial score (nSPS) is 9.61. The first-order valence-corrected chi connectivity index (χ1v) is 5.02. The molecule has 0 saturated carbocycles. The third-order valence-electron chi connectivity index (χ3n) is 2.13. The second-order valence-electron chi connectivity index (χ2n) is 3.30. The van der Waals surface area contributed by atoms with Crippen LogP contribution in [0, 0.1) is 27.3 Å². The van der Waals surface area contributed by atoms with Crippen molar-refractivity contribution in [3.63, 3.8) is 0 Å². The molecule has 0 saturated heterocycles. The van der Waals surface area contributed by atoms with Crippen LogP contribution < -0.4 is 0 Å². The first kappa shape index (κ1) is 13.6. The van der Waals surface area contributed by atoms with E-state index in [1.54, 1.807) is 13.0 Å². The molecular weight excluding hydrogens is 243 g/mol. The molecule has 1 rings (SSSR count). The van der Waals surface area contributed by atoms with Gasteiger partial charge in [-0.25, -0.2) is 4.39 Å². The number of carbonyl (C=O) groups excluding carboxylic acids is 1. The van der Waals surface area contributed by atoms with Crippen molar-refractivity contribution < 1.29 is 18.8 Å². The number of halogens is 1. The van der Waals surface area contributed by atoms with Crippen LogP contribution in [0.5, 0.6) is 0 Å². The molecule has 0 amide bonds. The molecule has 0 aliphatic carbocycles. The summed E-state index contributed by atoms with van der Waals surface area (Å²) in [7, 11) is 0. The Morgan fingerprint density at radius 1 is 1.61 bits per heavy atom. The van der Waals surface area contributed by atoms with Gasteiger partial charge in [0.05, 0.1) is 41.2 Å². The van der Waals surface area contributed by atoms with E-state index in [1.807, 2.05) is 0 Å². The number of rotatable bonds is 4. The molecule has 1 aromatic carbocycles. The molecule has 0 heterocycles. The molecular formula is C11H9FN2O4. The smallest absolute Gasteiger partial charge is 0.310 e. The van der Waals surface area contributed by atoms with E-state index in [0.717, 1.165) is 6.07 Å². The number of hydrogen-bond acceptors (Lipinski definition) is 5. The molecule has 0 fully saturated rings. The first-order valence-electron chi connectivity index (χ1n) is 5.02. The van der Waals surface area contributed by atoms with Crippen LogP contribution in [0.15, 0.2) is 12.1 Å². The van der Waals surface area contributed by atoms with Gasteiger partial charge in [-0.1, -0.05) is 0 Å². The van der Waals surface area contributed by atoms with Crippen LogP contribution in [0.4, 0.5) is 10.1 Å². The van der Waals surface area contributed by atoms with Gasteiger partial charge in [0.15, 0.2) is 0 Å². The predicted octanol–water partition coefficient (Wildman–Crippen LogP) is 1.71. The molecule has 0 aliphatic heterocycles. The second kappa shape index (κ2) is 5.72. The Morgan fingerprint density at radius 3 is 2.78 bits per heavy atom. The third-order valence-corrected chi connectivity index (χ3v) is 2.13. The molecule has 94 valence electrons. The number of nitro groups is 1. The molecule has 0 aromatic heterocycles. The molecule has 0 atom stereocenters. The Balaban J connectivity index is 3.26. The van der Waals surface area contributed by atoms with Gasteiger partial charge < -0.3 is 4.74 Å². The topological polar surface area (TPSA) is 93.2 Å². The number of nitrogens with zero attached hydrogens (tertiary/aromatic N) is 2. The largest absolute Gasteiger partial charge is 0.466 e. The van der Waals surface area contributed by atoms with Crippen LogP contribution in [0.25, 0.3) is 0 Å². The summed E-state index contributed by atoms with van der Waals surface area (Å²) in [4.78, 5) is 21.2. The number of benzene rings is 1. The van der Waals surface area contributed by atoms with E-state index in [1.165, 1.54) is 0 Å². The number of esters is 1. The maximum atomic E-state index is 13.1. The minimum absolute atomic E-state index is 0.121. The van der Waals surface area contributed by atoms with Crippen molar-refractivity contribution in [1.82, 2.24) is 0 Å². The summed E-state index contributed by atoms with van der Waals surface area (Å²) in [5.41, 5.74) is -0.975. The van der Waals surface area contributed by atoms with E-state index in [0.29, 0.717) is 6.07 Å². The highest BCUT2D eigenvalue weighted by Gasteiger charge is 2.22. The Kier molecular flexibility index (Phi) is 4.32. The summed E-state index contributed by atoms with van der Waals surface area (Å²) in [5, 5.41) is 19.6. The van der Waals surface area contributed by atoms with E-state index in [-0.39, 0.29) is 17.7 Å². The number of nitro benzene ring substituents is 1. The van der Waals surface area contributed by atoms with Gasteiger partial charge in [-0.3, -0.25) is 14.9 Å². The third kappa shape index (κ3) is 3.01. The van der Waals surface area contributed by atoms with Crippen molar-refractivity contribution >= 4 is 11.7 Å². The zero-order valence-electron chi connectivity index (χ0n) is 9.47. The van der Waals surface area contributed by atoms with Crippen molar-refractivity contribution in [2.75, 3.05) is 6.61 Å². The summed E-state index contributed by atoms with van der Waals surface area (Å²) in [6.45, 7) is 1.71. The average molecular weight is 252 g/mol. The van der Waals surface area contributed by atoms with Gasteiger partial charge in [-0.2, -0.15) is 5.26 Å². The summed E-state index contributed by atoms with van der Waals surface area (Å²) in [5.74, 6) is -1.60. The lowest BCUT2D eigenvalue weighted by atomic mass is 10.0. The van der Waals surface area contributed by atoms with Gasteiger partial charge in [0.1, 0.15) is 5.82 Å². The highest BCUT2D eigenvalue weighted by molar-refractivity contribution is 5.75. The summed E-state index contributed by atoms with van der Waals surface area (Å²) in [6.07, 6.45) is -0.437. The minimum atomic E-state index is -0.897. The molecule has 7 heteroatoms. The van der Waals surface area contributed by atoms with Crippen LogP contribution in [0.3, 0.4) is 0 Å². The van der Waals surface area contributed by atoms with E-state index in [4.69, 9.17) is 5.26 Å². The van der Waals surface area contributed by atoms with Crippen LogP contribution in [-0.4, -0.2) is 17.5 Å². The number of ether oxygens (including phenoxy) is 1. The summed E-state index contributed by atoms with van der Waals surface area (Å²) < 4.78 is 17.7. The first-order chi connectivity index (χ1) is 8.49. The van der Waals surface area contributed by atoms with E-state index < -0.39 is 28.8 Å². The fourth-order valence-electron chi connectivity index (χ4n) is 1.43. The van der Waals surface area contributed by atoms with Crippen molar-refractivity contribution in [3.05, 3.63) is 39.2 Å². The van der Waals surface area contributed by atoms with Gasteiger partial charge in [0.25, 0.3) is 5.69 Å². The molecule has 6 nitrogen and oxygen atoms in total. The van der Waals surface area contributed by atoms with Crippen LogP contribution in [0.2, 0.25) is 0 Å². The Bertz CT molecular complexity index is 537. The molecule has 0 bridgehead atoms. The molecule has 0 spiro atoms. The Hall–Kier alpha value is -2.49. The lowest BCUT2D eigenvalue weighted by molar-refractivity contribution is -0.385. The summed E-state index contributed by atoms with van der Waals surface area (Å²) >= 11 is 0. The summed E-state index contributed by atoms with van der Waals surface area (Å²) in [6, 6.07) is 3.15. The van der Waals surface area contributed by atoms with E-state index in [9.17, 15) is 19.3 Å². The van der Waals surface area contributed by atoms with Crippen molar-refractivity contribution in [2.45, 2.75) is 13.3 Å². The van der Waals surface area contributed by atoms with Gasteiger partial charge in [-0.05, 0) is 13.0 Å². The zero-order valence-corrected chi connectivity index (χ0v) is 9.47. The lowest BCUT2D eigenvalue weighted by Crippen LogP contribution is -2.11. The van der Waals surface area contributed by atoms with Gasteiger partial charge >= 0.3 is 5.97 Å². The van der Waals surface area contributed by atoms with Gasteiger partial charge in [-0.15, -0.1) is 0 Å². The fourth-order valence-corrected chi connectivity index (χ4v) is 1.43. The number of hydrogen-bond donors (Lipinski definition) is 0. The van der Waals surface area contributed by atoms with E-state index in [2.05, 4.69) is 4.74 Å². The van der Waals surface area contributed by atoms with Gasteiger partial charge in [0.2, 0.25) is 0 Å². The van der Waals surface area contributed by atoms with E-state index >= 15 is 0 Å². The number of carbonyl (C=O) groups is 1. The SMILES string of the molecule is CCOC(=O)Cc1c(C#N)cc(F)cc1[N+](=O)[O-]. The van der Waals surface area contributed by atoms with Crippen molar-refractivity contribution in [1.29, 1.82) is 5.26 Å². The van der Waals surface area contributed by atoms with Crippen LogP contribution in [-0.2, 0) is 16.0 Å². The highest BCUT2D eigenvalue weighted by Crippen LogP contribution is 2.24. The highest BCUT2D eigenvalue weighted by atomic mass is 19.1. The molecule has 1 aromatic rings. The minimum Gasteiger partial charge on any atom is -0.466 e. The zero-order chi connectivity index (χ0) is 13.7. The fraction of sp³-hybridized carbons (Fsp3) is 0.273. The number of nitriles is 1. The molecule has 0 N–H and O–H groups in total. The maximum absolute atomic E-state index is 13.1. The molecule has 0 aliphatic rings. The standard InChI is InChI=1S/C11H9FN2O4/c1-2-18-11(15)5-9-7(6-13)3-8(12)4-10(9)14(16)17/h3-4H,2,5H2,1H3. The van der Waals surface area contributed by atoms with Crippen LogP contribution in [0.1, 0.15) is 18.1 Å². The molecule has 0 unspecified atom stereocenters. The van der Waals surface area contributed by atoms with Crippen LogP contribution >= 0.6 is 0 Å². The Morgan fingerprint density at radius 2 is 2.28 bits per heavy atom. The van der Waals surface area contributed by atoms with Gasteiger partial charge in [0, 0.05) is 0 Å². The van der Waals surface area contributed by atoms with Crippen molar-refractivity contribution in [3.8, 4) is 6.07 Å². The average Bonchev–Trinajstić information content (AvgIpc) is 2.30. The maximum Gasteiger partial charge on any atom is 0.310 e. The quantitative estimate of drug-likeness (QED) is 0.462. The monoisotopic (exact) mass is 252 g/mol. The molecule has 18 heavy (non-hydrogen) atoms. The predicted molar refractivity (Wildman–Crippen MR) is 58.1 cm³/mol. The second-order valence-corrected chi connectivity index (χ2v) is 3.30. The lowest BCUT2D eigenvalue weighted by Gasteiger charge is -2.05. The molecule has 0 radical (unpaired) electrons. The Labute approximate surface area is 102 Å².